The fraction of sp³-hybridized carbons (Fsp3) is 0.133. The zero-order chi connectivity index (χ0) is 15.1. The second kappa shape index (κ2) is 4.93. The van der Waals surface area contributed by atoms with Crippen molar-refractivity contribution in [2.24, 2.45) is 0 Å². The third-order valence-corrected chi connectivity index (χ3v) is 3.60. The van der Waals surface area contributed by atoms with E-state index in [-0.39, 0.29) is 22.8 Å². The fourth-order valence-electron chi connectivity index (χ4n) is 2.39. The van der Waals surface area contributed by atoms with E-state index in [0.717, 1.165) is 16.5 Å². The van der Waals surface area contributed by atoms with Gasteiger partial charge in [0.05, 0.1) is 22.8 Å². The molecule has 1 aromatic carbocycles. The molecule has 106 valence electrons. The number of hydrogen-bond acceptors (Lipinski definition) is 3. The van der Waals surface area contributed by atoms with E-state index in [1.807, 2.05) is 13.0 Å². The fourth-order valence-corrected chi connectivity index (χ4v) is 2.63. The summed E-state index contributed by atoms with van der Waals surface area (Å²) in [6.07, 6.45) is 3.25. The van der Waals surface area contributed by atoms with E-state index < -0.39 is 17.5 Å². The highest BCUT2D eigenvalue weighted by Gasteiger charge is 2.39. The van der Waals surface area contributed by atoms with Crippen LogP contribution in [0.4, 0.5) is 10.1 Å². The SMILES string of the molecule is Cc1cncc(CN2C(=O)C(=O)c3c(Cl)ccc(F)c32)c1. The molecule has 1 aliphatic rings. The van der Waals surface area contributed by atoms with Gasteiger partial charge >= 0.3 is 0 Å². The summed E-state index contributed by atoms with van der Waals surface area (Å²) in [5.41, 5.74) is 1.50. The average Bonchev–Trinajstić information content (AvgIpc) is 2.69. The molecule has 0 fully saturated rings. The molecule has 0 saturated heterocycles. The topological polar surface area (TPSA) is 50.3 Å². The standard InChI is InChI=1S/C15H10ClFN2O2/c1-8-4-9(6-18-5-8)7-19-13-11(17)3-2-10(16)12(13)14(20)15(19)21/h2-6H,7H2,1H3. The van der Waals surface area contributed by atoms with Crippen molar-refractivity contribution in [3.63, 3.8) is 0 Å². The normalized spacial score (nSPS) is 13.8. The summed E-state index contributed by atoms with van der Waals surface area (Å²) >= 11 is 5.92. The van der Waals surface area contributed by atoms with Crippen LogP contribution in [0.3, 0.4) is 0 Å². The number of halogens is 2. The molecule has 0 N–H and O–H groups in total. The number of amides is 1. The molecule has 1 aromatic heterocycles. The molecule has 1 aliphatic heterocycles. The molecule has 0 spiro atoms. The first-order valence-electron chi connectivity index (χ1n) is 6.23. The van der Waals surface area contributed by atoms with Crippen LogP contribution in [0.5, 0.6) is 0 Å². The summed E-state index contributed by atoms with van der Waals surface area (Å²) in [6.45, 7) is 1.93. The van der Waals surface area contributed by atoms with Crippen LogP contribution in [-0.4, -0.2) is 16.7 Å². The Morgan fingerprint density at radius 1 is 1.29 bits per heavy atom. The van der Waals surface area contributed by atoms with Crippen molar-refractivity contribution in [2.75, 3.05) is 4.90 Å². The van der Waals surface area contributed by atoms with E-state index in [1.54, 1.807) is 12.4 Å². The number of aromatic nitrogens is 1. The van der Waals surface area contributed by atoms with Gasteiger partial charge in [-0.2, -0.15) is 0 Å². The number of aryl methyl sites for hydroxylation is 1. The molecule has 0 unspecified atom stereocenters. The first kappa shape index (κ1) is 13.7. The lowest BCUT2D eigenvalue weighted by Gasteiger charge is -2.17. The quantitative estimate of drug-likeness (QED) is 0.802. The van der Waals surface area contributed by atoms with Gasteiger partial charge < -0.3 is 0 Å². The Labute approximate surface area is 125 Å². The smallest absolute Gasteiger partial charge is 0.297 e. The van der Waals surface area contributed by atoms with Gasteiger partial charge in [-0.15, -0.1) is 0 Å². The highest BCUT2D eigenvalue weighted by molar-refractivity contribution is 6.55. The molecule has 0 radical (unpaired) electrons. The Morgan fingerprint density at radius 2 is 2.05 bits per heavy atom. The maximum Gasteiger partial charge on any atom is 0.299 e. The Balaban J connectivity index is 2.08. The predicted molar refractivity (Wildman–Crippen MR) is 75.9 cm³/mol. The number of nitrogens with zero attached hydrogens (tertiary/aromatic N) is 2. The molecule has 0 aliphatic carbocycles. The summed E-state index contributed by atoms with van der Waals surface area (Å²) in [5, 5.41) is 0.0783. The number of fused-ring (bicyclic) bond motifs is 1. The maximum atomic E-state index is 14.0. The number of benzene rings is 1. The number of ketones is 1. The van der Waals surface area contributed by atoms with Crippen molar-refractivity contribution in [2.45, 2.75) is 13.5 Å². The van der Waals surface area contributed by atoms with Crippen molar-refractivity contribution in [3.8, 4) is 0 Å². The van der Waals surface area contributed by atoms with Gasteiger partial charge in [-0.3, -0.25) is 19.5 Å². The summed E-state index contributed by atoms with van der Waals surface area (Å²) in [5.74, 6) is -2.21. The third kappa shape index (κ3) is 2.19. The molecule has 3 rings (SSSR count). The van der Waals surface area contributed by atoms with Crippen LogP contribution in [0, 0.1) is 12.7 Å². The van der Waals surface area contributed by atoms with Crippen LogP contribution < -0.4 is 4.90 Å². The molecule has 0 saturated carbocycles. The van der Waals surface area contributed by atoms with Gasteiger partial charge in [0, 0.05) is 12.4 Å². The van der Waals surface area contributed by atoms with Gasteiger partial charge in [-0.05, 0) is 30.2 Å². The van der Waals surface area contributed by atoms with Crippen molar-refractivity contribution >= 4 is 29.0 Å². The van der Waals surface area contributed by atoms with Crippen LogP contribution in [0.15, 0.2) is 30.6 Å². The van der Waals surface area contributed by atoms with Gasteiger partial charge in [-0.1, -0.05) is 17.7 Å². The number of pyridine rings is 1. The van der Waals surface area contributed by atoms with Gasteiger partial charge in [-0.25, -0.2) is 4.39 Å². The minimum atomic E-state index is -0.782. The molecule has 2 heterocycles. The van der Waals surface area contributed by atoms with E-state index in [4.69, 9.17) is 11.6 Å². The third-order valence-electron chi connectivity index (χ3n) is 3.29. The van der Waals surface area contributed by atoms with Gasteiger partial charge in [0.15, 0.2) is 0 Å². The minimum absolute atomic E-state index is 0.0565. The van der Waals surface area contributed by atoms with Crippen LogP contribution in [0.25, 0.3) is 0 Å². The monoisotopic (exact) mass is 304 g/mol. The van der Waals surface area contributed by atoms with E-state index >= 15 is 0 Å². The highest BCUT2D eigenvalue weighted by Crippen LogP contribution is 2.37. The van der Waals surface area contributed by atoms with Crippen molar-refractivity contribution in [1.29, 1.82) is 0 Å². The zero-order valence-corrected chi connectivity index (χ0v) is 11.8. The maximum absolute atomic E-state index is 14.0. The molecular formula is C15H10ClFN2O2. The van der Waals surface area contributed by atoms with Crippen LogP contribution in [0.1, 0.15) is 21.5 Å². The summed E-state index contributed by atoms with van der Waals surface area (Å²) < 4.78 is 14.0. The largest absolute Gasteiger partial charge is 0.299 e. The van der Waals surface area contributed by atoms with E-state index in [1.165, 1.54) is 6.07 Å². The Bertz CT molecular complexity index is 776. The lowest BCUT2D eigenvalue weighted by atomic mass is 10.1. The lowest BCUT2D eigenvalue weighted by Crippen LogP contribution is -2.29. The van der Waals surface area contributed by atoms with Gasteiger partial charge in [0.2, 0.25) is 0 Å². The minimum Gasteiger partial charge on any atom is -0.297 e. The lowest BCUT2D eigenvalue weighted by molar-refractivity contribution is -0.114. The number of carbonyl (C=O) groups excluding carboxylic acids is 2. The average molecular weight is 305 g/mol. The summed E-state index contributed by atoms with van der Waals surface area (Å²) in [7, 11) is 0. The number of hydrogen-bond donors (Lipinski definition) is 0. The molecule has 0 bridgehead atoms. The highest BCUT2D eigenvalue weighted by atomic mass is 35.5. The van der Waals surface area contributed by atoms with Crippen LogP contribution in [-0.2, 0) is 11.3 Å². The molecule has 0 atom stereocenters. The van der Waals surface area contributed by atoms with Crippen molar-refractivity contribution < 1.29 is 14.0 Å². The molecular weight excluding hydrogens is 295 g/mol. The second-order valence-corrected chi connectivity index (χ2v) is 5.25. The molecule has 21 heavy (non-hydrogen) atoms. The number of rotatable bonds is 2. The Kier molecular flexibility index (Phi) is 3.22. The van der Waals surface area contributed by atoms with Gasteiger partial charge in [0.1, 0.15) is 5.82 Å². The first-order chi connectivity index (χ1) is 9.99. The van der Waals surface area contributed by atoms with Crippen LogP contribution in [0.2, 0.25) is 5.02 Å². The van der Waals surface area contributed by atoms with Gasteiger partial charge in [0.25, 0.3) is 11.7 Å². The number of Topliss-reactive ketones (excluding diaryl/α,β-unsaturated/α-hetero) is 1. The van der Waals surface area contributed by atoms with E-state index in [2.05, 4.69) is 4.98 Å². The molecule has 6 heteroatoms. The summed E-state index contributed by atoms with van der Waals surface area (Å²) in [6, 6.07) is 4.25. The van der Waals surface area contributed by atoms with Crippen molar-refractivity contribution in [3.05, 3.63) is 58.1 Å². The second-order valence-electron chi connectivity index (χ2n) is 4.84. The number of anilines is 1. The predicted octanol–water partition coefficient (Wildman–Crippen LogP) is 2.91. The molecule has 2 aromatic rings. The first-order valence-corrected chi connectivity index (χ1v) is 6.61. The molecule has 4 nitrogen and oxygen atoms in total. The Hall–Kier alpha value is -2.27. The zero-order valence-electron chi connectivity index (χ0n) is 11.1. The molecule has 1 amide bonds. The summed E-state index contributed by atoms with van der Waals surface area (Å²) in [4.78, 5) is 29.2. The number of carbonyl (C=O) groups is 2. The Morgan fingerprint density at radius 3 is 2.76 bits per heavy atom. The van der Waals surface area contributed by atoms with Crippen molar-refractivity contribution in [1.82, 2.24) is 4.98 Å². The van der Waals surface area contributed by atoms with E-state index in [9.17, 15) is 14.0 Å². The van der Waals surface area contributed by atoms with E-state index in [0.29, 0.717) is 5.56 Å². The van der Waals surface area contributed by atoms with Crippen LogP contribution >= 0.6 is 11.6 Å².